The lowest BCUT2D eigenvalue weighted by Gasteiger charge is -2.13. The topological polar surface area (TPSA) is 43.1 Å². The first-order valence-corrected chi connectivity index (χ1v) is 5.07. The Balaban J connectivity index is 2.77. The summed E-state index contributed by atoms with van der Waals surface area (Å²) in [4.78, 5) is 11.7. The number of nitrogens with two attached hydrogens (primary N) is 1. The van der Waals surface area contributed by atoms with Crippen LogP contribution in [0.4, 0.5) is 0 Å². The van der Waals surface area contributed by atoms with Crippen molar-refractivity contribution in [3.63, 3.8) is 0 Å². The van der Waals surface area contributed by atoms with Gasteiger partial charge in [0.15, 0.2) is 0 Å². The van der Waals surface area contributed by atoms with E-state index < -0.39 is 0 Å². The normalized spacial score (nSPS) is 12.4. The Morgan fingerprint density at radius 3 is 2.50 bits per heavy atom. The minimum absolute atomic E-state index is 0.115. The number of hydrogen-bond donors (Lipinski definition) is 1. The summed E-state index contributed by atoms with van der Waals surface area (Å²) >= 11 is 0. The largest absolute Gasteiger partial charge is 0.329 e. The zero-order valence-corrected chi connectivity index (χ0v) is 8.57. The minimum atomic E-state index is -0.115. The minimum Gasteiger partial charge on any atom is -0.329 e. The number of rotatable bonds is 5. The summed E-state index contributed by atoms with van der Waals surface area (Å²) in [6.45, 7) is 2.42. The summed E-state index contributed by atoms with van der Waals surface area (Å²) in [7, 11) is 0. The highest BCUT2D eigenvalue weighted by atomic mass is 16.1. The summed E-state index contributed by atoms with van der Waals surface area (Å²) in [5.41, 5.74) is 6.65. The van der Waals surface area contributed by atoms with Gasteiger partial charge in [0, 0.05) is 13.0 Å². The van der Waals surface area contributed by atoms with Gasteiger partial charge in [0.25, 0.3) is 0 Å². The van der Waals surface area contributed by atoms with Crippen molar-refractivity contribution in [2.75, 3.05) is 6.54 Å². The molecule has 14 heavy (non-hydrogen) atoms. The molecular weight excluding hydrogens is 174 g/mol. The van der Waals surface area contributed by atoms with Gasteiger partial charge in [-0.2, -0.15) is 0 Å². The van der Waals surface area contributed by atoms with Crippen molar-refractivity contribution in [1.82, 2.24) is 0 Å². The standard InChI is InChI=1S/C12H17NO/c1-2-6-12(14)11(9-13)10-7-4-3-5-8-10/h3-5,7-8,11H,2,6,9,13H2,1H3. The number of ketones is 1. The maximum absolute atomic E-state index is 11.7. The van der Waals surface area contributed by atoms with Gasteiger partial charge in [-0.05, 0) is 12.0 Å². The number of carbonyl (C=O) groups excluding carboxylic acids is 1. The Labute approximate surface area is 85.1 Å². The van der Waals surface area contributed by atoms with E-state index in [0.29, 0.717) is 13.0 Å². The van der Waals surface area contributed by atoms with E-state index in [-0.39, 0.29) is 11.7 Å². The zero-order valence-electron chi connectivity index (χ0n) is 8.57. The van der Waals surface area contributed by atoms with Crippen LogP contribution in [-0.2, 0) is 4.79 Å². The second kappa shape index (κ2) is 5.55. The van der Waals surface area contributed by atoms with Gasteiger partial charge in [0.05, 0.1) is 5.92 Å². The van der Waals surface area contributed by atoms with Crippen molar-refractivity contribution in [1.29, 1.82) is 0 Å². The number of hydrogen-bond acceptors (Lipinski definition) is 2. The SMILES string of the molecule is CCCC(=O)C(CN)c1ccccc1. The van der Waals surface area contributed by atoms with Crippen molar-refractivity contribution in [3.05, 3.63) is 35.9 Å². The highest BCUT2D eigenvalue weighted by Gasteiger charge is 2.16. The van der Waals surface area contributed by atoms with Crippen molar-refractivity contribution in [2.45, 2.75) is 25.7 Å². The van der Waals surface area contributed by atoms with Gasteiger partial charge in [-0.1, -0.05) is 37.3 Å². The van der Waals surface area contributed by atoms with E-state index >= 15 is 0 Å². The molecule has 1 unspecified atom stereocenters. The molecule has 0 radical (unpaired) electrons. The van der Waals surface area contributed by atoms with Crippen LogP contribution < -0.4 is 5.73 Å². The maximum Gasteiger partial charge on any atom is 0.141 e. The van der Waals surface area contributed by atoms with Crippen molar-refractivity contribution in [2.24, 2.45) is 5.73 Å². The van der Waals surface area contributed by atoms with Gasteiger partial charge in [-0.3, -0.25) is 4.79 Å². The molecule has 0 bridgehead atoms. The Morgan fingerprint density at radius 2 is 2.00 bits per heavy atom. The molecule has 0 aliphatic rings. The van der Waals surface area contributed by atoms with E-state index in [9.17, 15) is 4.79 Å². The van der Waals surface area contributed by atoms with E-state index in [4.69, 9.17) is 5.73 Å². The van der Waals surface area contributed by atoms with E-state index in [1.54, 1.807) is 0 Å². The monoisotopic (exact) mass is 191 g/mol. The fourth-order valence-electron chi connectivity index (χ4n) is 1.56. The van der Waals surface area contributed by atoms with Crippen LogP contribution in [0.2, 0.25) is 0 Å². The maximum atomic E-state index is 11.7. The van der Waals surface area contributed by atoms with Gasteiger partial charge in [0.1, 0.15) is 5.78 Å². The van der Waals surface area contributed by atoms with Gasteiger partial charge < -0.3 is 5.73 Å². The van der Waals surface area contributed by atoms with E-state index in [1.807, 2.05) is 37.3 Å². The molecular formula is C12H17NO. The molecule has 0 saturated carbocycles. The van der Waals surface area contributed by atoms with Gasteiger partial charge in [0.2, 0.25) is 0 Å². The molecule has 2 heteroatoms. The second-order valence-corrected chi connectivity index (χ2v) is 3.42. The van der Waals surface area contributed by atoms with Crippen LogP contribution in [0, 0.1) is 0 Å². The molecule has 0 spiro atoms. The molecule has 0 aromatic heterocycles. The van der Waals surface area contributed by atoms with Crippen LogP contribution in [0.3, 0.4) is 0 Å². The molecule has 0 aliphatic heterocycles. The third-order valence-corrected chi connectivity index (χ3v) is 2.32. The summed E-state index contributed by atoms with van der Waals surface area (Å²) in [6.07, 6.45) is 1.51. The molecule has 2 N–H and O–H groups in total. The summed E-state index contributed by atoms with van der Waals surface area (Å²) < 4.78 is 0. The third-order valence-electron chi connectivity index (χ3n) is 2.32. The lowest BCUT2D eigenvalue weighted by molar-refractivity contribution is -0.120. The fourth-order valence-corrected chi connectivity index (χ4v) is 1.56. The van der Waals surface area contributed by atoms with Crippen LogP contribution in [0.1, 0.15) is 31.2 Å². The number of benzene rings is 1. The number of carbonyl (C=O) groups is 1. The first kappa shape index (κ1) is 10.9. The Morgan fingerprint density at radius 1 is 1.36 bits per heavy atom. The average Bonchev–Trinajstić information content (AvgIpc) is 2.21. The number of Topliss-reactive ketones (excluding diaryl/α,β-unsaturated/α-hetero) is 1. The third kappa shape index (κ3) is 2.67. The smallest absolute Gasteiger partial charge is 0.141 e. The molecule has 1 aromatic rings. The lowest BCUT2D eigenvalue weighted by atomic mass is 9.92. The predicted octanol–water partition coefficient (Wildman–Crippen LogP) is 2.10. The van der Waals surface area contributed by atoms with E-state index in [1.165, 1.54) is 0 Å². The van der Waals surface area contributed by atoms with Crippen molar-refractivity contribution in [3.8, 4) is 0 Å². The fraction of sp³-hybridized carbons (Fsp3) is 0.417. The molecule has 1 atom stereocenters. The first-order chi connectivity index (χ1) is 6.79. The molecule has 76 valence electrons. The van der Waals surface area contributed by atoms with Crippen LogP contribution in [0.5, 0.6) is 0 Å². The summed E-state index contributed by atoms with van der Waals surface area (Å²) in [6, 6.07) is 9.76. The quantitative estimate of drug-likeness (QED) is 0.774. The molecule has 0 fully saturated rings. The first-order valence-electron chi connectivity index (χ1n) is 5.07. The highest BCUT2D eigenvalue weighted by molar-refractivity contribution is 5.85. The van der Waals surface area contributed by atoms with Gasteiger partial charge in [-0.25, -0.2) is 0 Å². The summed E-state index contributed by atoms with van der Waals surface area (Å²) in [5, 5.41) is 0. The Hall–Kier alpha value is -1.15. The second-order valence-electron chi connectivity index (χ2n) is 3.42. The molecule has 0 heterocycles. The summed E-state index contributed by atoms with van der Waals surface area (Å²) in [5.74, 6) is 0.136. The van der Waals surface area contributed by atoms with E-state index in [2.05, 4.69) is 0 Å². The lowest BCUT2D eigenvalue weighted by Crippen LogP contribution is -2.21. The zero-order chi connectivity index (χ0) is 10.4. The predicted molar refractivity (Wildman–Crippen MR) is 58.2 cm³/mol. The van der Waals surface area contributed by atoms with E-state index in [0.717, 1.165) is 12.0 Å². The molecule has 2 nitrogen and oxygen atoms in total. The van der Waals surface area contributed by atoms with Gasteiger partial charge >= 0.3 is 0 Å². The highest BCUT2D eigenvalue weighted by Crippen LogP contribution is 2.17. The average molecular weight is 191 g/mol. The van der Waals surface area contributed by atoms with Crippen LogP contribution in [0.25, 0.3) is 0 Å². The van der Waals surface area contributed by atoms with Crippen LogP contribution in [0.15, 0.2) is 30.3 Å². The molecule has 0 amide bonds. The molecule has 1 aromatic carbocycles. The Kier molecular flexibility index (Phi) is 4.33. The van der Waals surface area contributed by atoms with Gasteiger partial charge in [-0.15, -0.1) is 0 Å². The molecule has 0 aliphatic carbocycles. The van der Waals surface area contributed by atoms with Crippen LogP contribution in [-0.4, -0.2) is 12.3 Å². The molecule has 0 saturated heterocycles. The van der Waals surface area contributed by atoms with Crippen molar-refractivity contribution < 1.29 is 4.79 Å². The van der Waals surface area contributed by atoms with Crippen molar-refractivity contribution >= 4 is 5.78 Å². The molecule has 1 rings (SSSR count). The van der Waals surface area contributed by atoms with Crippen LogP contribution >= 0.6 is 0 Å². The Bertz CT molecular complexity index is 282.